The zero-order chi connectivity index (χ0) is 20.4. The predicted octanol–water partition coefficient (Wildman–Crippen LogP) is 1.47. The molecule has 0 radical (unpaired) electrons. The molecule has 2 atom stereocenters. The Morgan fingerprint density at radius 2 is 1.43 bits per heavy atom. The van der Waals surface area contributed by atoms with Crippen LogP contribution in [0.4, 0.5) is 5.69 Å². The van der Waals surface area contributed by atoms with Crippen LogP contribution < -0.4 is 10.9 Å². The van der Waals surface area contributed by atoms with Crippen molar-refractivity contribution in [1.82, 2.24) is 10.3 Å². The number of hydrogen-bond acceptors (Lipinski definition) is 5. The molecule has 28 heavy (non-hydrogen) atoms. The van der Waals surface area contributed by atoms with Crippen molar-refractivity contribution in [3.8, 4) is 0 Å². The van der Waals surface area contributed by atoms with Gasteiger partial charge in [0.1, 0.15) is 0 Å². The molecule has 1 fully saturated rings. The van der Waals surface area contributed by atoms with Crippen LogP contribution in [0.5, 0.6) is 0 Å². The highest BCUT2D eigenvalue weighted by molar-refractivity contribution is 5.91. The Bertz CT molecular complexity index is 734. The molecule has 4 N–H and O–H groups in total. The number of hydrazine groups is 1. The van der Waals surface area contributed by atoms with Crippen LogP contribution in [0.2, 0.25) is 0 Å². The molecule has 2 unspecified atom stereocenters. The normalized spacial score (nSPS) is 15.0. The van der Waals surface area contributed by atoms with Gasteiger partial charge in [0, 0.05) is 13.1 Å². The number of hydrogen-bond donors (Lipinski definition) is 4. The van der Waals surface area contributed by atoms with Gasteiger partial charge in [-0.25, -0.2) is 0 Å². The molecule has 7 heteroatoms. The second-order valence-electron chi connectivity index (χ2n) is 6.56. The minimum absolute atomic E-state index is 0.548. The van der Waals surface area contributed by atoms with Crippen LogP contribution in [0.3, 0.4) is 0 Å². The number of aliphatic hydroxyl groups is 2. The highest BCUT2D eigenvalue weighted by atomic mass is 16.3. The van der Waals surface area contributed by atoms with E-state index in [4.69, 9.17) is 0 Å². The number of carbonyl (C=O) groups excluding carboxylic acids is 2. The number of anilines is 1. The Morgan fingerprint density at radius 1 is 0.893 bits per heavy atom. The molecule has 1 saturated heterocycles. The van der Waals surface area contributed by atoms with Crippen LogP contribution >= 0.6 is 0 Å². The Labute approximate surface area is 165 Å². The van der Waals surface area contributed by atoms with Crippen molar-refractivity contribution in [3.63, 3.8) is 0 Å². The molecule has 2 aromatic carbocycles. The molecule has 0 bridgehead atoms. The maximum absolute atomic E-state index is 11.9. The van der Waals surface area contributed by atoms with Crippen LogP contribution in [-0.2, 0) is 9.59 Å². The van der Waals surface area contributed by atoms with Crippen LogP contribution in [0.1, 0.15) is 18.4 Å². The lowest BCUT2D eigenvalue weighted by atomic mass is 10.1. The Hall–Kier alpha value is -2.90. The van der Waals surface area contributed by atoms with Gasteiger partial charge in [0.2, 0.25) is 0 Å². The van der Waals surface area contributed by atoms with Crippen molar-refractivity contribution in [2.75, 3.05) is 18.5 Å². The summed E-state index contributed by atoms with van der Waals surface area (Å²) in [6, 6.07) is 19.1. The van der Waals surface area contributed by atoms with E-state index in [0.29, 0.717) is 18.8 Å². The summed E-state index contributed by atoms with van der Waals surface area (Å²) in [5.41, 5.74) is 6.79. The highest BCUT2D eigenvalue weighted by Crippen LogP contribution is 2.11. The first kappa shape index (κ1) is 21.4. The lowest BCUT2D eigenvalue weighted by Gasteiger charge is -2.22. The van der Waals surface area contributed by atoms with Crippen molar-refractivity contribution in [3.05, 3.63) is 66.2 Å². The largest absolute Gasteiger partial charge is 0.380 e. The van der Waals surface area contributed by atoms with Gasteiger partial charge in [0.25, 0.3) is 11.8 Å². The van der Waals surface area contributed by atoms with Crippen LogP contribution in [0.15, 0.2) is 60.7 Å². The number of likely N-dealkylation sites (tertiary alicyclic amines) is 1. The number of nitrogens with zero attached hydrogens (tertiary/aromatic N) is 1. The number of nitrogens with one attached hydrogen (secondary N) is 2. The van der Waals surface area contributed by atoms with Crippen LogP contribution in [-0.4, -0.2) is 52.2 Å². The number of aryl methyl sites for hydroxylation is 1. The highest BCUT2D eigenvalue weighted by Gasteiger charge is 2.34. The van der Waals surface area contributed by atoms with Gasteiger partial charge in [0.15, 0.2) is 12.2 Å². The third-order valence-corrected chi connectivity index (χ3v) is 4.28. The van der Waals surface area contributed by atoms with Gasteiger partial charge in [-0.1, -0.05) is 54.1 Å². The zero-order valence-electron chi connectivity index (χ0n) is 15.9. The van der Waals surface area contributed by atoms with E-state index >= 15 is 0 Å². The fourth-order valence-electron chi connectivity index (χ4n) is 2.67. The summed E-state index contributed by atoms with van der Waals surface area (Å²) in [4.78, 5) is 25.1. The average molecular weight is 385 g/mol. The second kappa shape index (κ2) is 11.1. The topological polar surface area (TPSA) is 102 Å². The summed E-state index contributed by atoms with van der Waals surface area (Å²) < 4.78 is 0. The monoisotopic (exact) mass is 385 g/mol. The van der Waals surface area contributed by atoms with E-state index in [9.17, 15) is 19.8 Å². The van der Waals surface area contributed by atoms with E-state index in [-0.39, 0.29) is 0 Å². The van der Waals surface area contributed by atoms with Gasteiger partial charge in [-0.15, -0.1) is 0 Å². The maximum atomic E-state index is 11.9. The molecule has 2 amide bonds. The Kier molecular flexibility index (Phi) is 8.45. The molecule has 150 valence electrons. The lowest BCUT2D eigenvalue weighted by molar-refractivity contribution is -0.152. The number of rotatable bonds is 5. The van der Waals surface area contributed by atoms with E-state index in [0.717, 1.165) is 12.8 Å². The standard InChI is InChI=1S/C14H19N3O4.C7H8/c18-11(12(19)14(21)17-8-4-5-9-17)13(20)16-15-10-6-2-1-3-7-10;1-7-5-3-2-4-6-7/h1-3,6-7,11-12,15,18-19H,4-5,8-9H2,(H,16,20);2-6H,1H3. The van der Waals surface area contributed by atoms with E-state index in [1.165, 1.54) is 10.5 Å². The van der Waals surface area contributed by atoms with E-state index < -0.39 is 24.0 Å². The fourth-order valence-corrected chi connectivity index (χ4v) is 2.67. The van der Waals surface area contributed by atoms with Crippen LogP contribution in [0.25, 0.3) is 0 Å². The third-order valence-electron chi connectivity index (χ3n) is 4.28. The minimum atomic E-state index is -1.81. The predicted molar refractivity (Wildman–Crippen MR) is 107 cm³/mol. The molecule has 1 heterocycles. The summed E-state index contributed by atoms with van der Waals surface area (Å²) in [6.07, 6.45) is -1.82. The SMILES string of the molecule is Cc1ccccc1.O=C(NNc1ccccc1)C(O)C(O)C(=O)N1CCCC1. The van der Waals surface area contributed by atoms with Crippen molar-refractivity contribution >= 4 is 17.5 Å². The summed E-state index contributed by atoms with van der Waals surface area (Å²) in [6.45, 7) is 3.18. The number of amides is 2. The summed E-state index contributed by atoms with van der Waals surface area (Å²) in [7, 11) is 0. The van der Waals surface area contributed by atoms with Crippen molar-refractivity contribution < 1.29 is 19.8 Å². The van der Waals surface area contributed by atoms with Crippen molar-refractivity contribution in [2.24, 2.45) is 0 Å². The maximum Gasteiger partial charge on any atom is 0.270 e. The van der Waals surface area contributed by atoms with Gasteiger partial charge in [-0.2, -0.15) is 0 Å². The zero-order valence-corrected chi connectivity index (χ0v) is 15.9. The van der Waals surface area contributed by atoms with Crippen molar-refractivity contribution in [2.45, 2.75) is 32.0 Å². The molecule has 2 aromatic rings. The summed E-state index contributed by atoms with van der Waals surface area (Å²) in [5.74, 6) is -1.48. The molecule has 0 saturated carbocycles. The van der Waals surface area contributed by atoms with E-state index in [2.05, 4.69) is 29.9 Å². The number of benzene rings is 2. The van der Waals surface area contributed by atoms with Gasteiger partial charge in [-0.3, -0.25) is 20.4 Å². The van der Waals surface area contributed by atoms with E-state index in [1.807, 2.05) is 24.3 Å². The molecule has 0 aromatic heterocycles. The smallest absolute Gasteiger partial charge is 0.270 e. The van der Waals surface area contributed by atoms with E-state index in [1.54, 1.807) is 24.3 Å². The first-order valence-corrected chi connectivity index (χ1v) is 9.26. The first-order chi connectivity index (χ1) is 13.5. The Balaban J connectivity index is 0.000000336. The van der Waals surface area contributed by atoms with Gasteiger partial charge in [0.05, 0.1) is 5.69 Å². The molecule has 1 aliphatic heterocycles. The number of carbonyl (C=O) groups is 2. The van der Waals surface area contributed by atoms with Crippen molar-refractivity contribution in [1.29, 1.82) is 0 Å². The second-order valence-corrected chi connectivity index (χ2v) is 6.56. The van der Waals surface area contributed by atoms with Gasteiger partial charge >= 0.3 is 0 Å². The van der Waals surface area contributed by atoms with Gasteiger partial charge in [-0.05, 0) is 31.9 Å². The quantitative estimate of drug-likeness (QED) is 0.584. The number of para-hydroxylation sites is 1. The number of aliphatic hydroxyl groups excluding tert-OH is 2. The molecule has 0 aliphatic carbocycles. The third kappa shape index (κ3) is 6.68. The lowest BCUT2D eigenvalue weighted by Crippen LogP contribution is -2.51. The molecule has 1 aliphatic rings. The van der Waals surface area contributed by atoms with Crippen LogP contribution in [0, 0.1) is 6.92 Å². The molecule has 3 rings (SSSR count). The summed E-state index contributed by atoms with van der Waals surface area (Å²) >= 11 is 0. The average Bonchev–Trinajstić information content (AvgIpc) is 3.27. The van der Waals surface area contributed by atoms with Gasteiger partial charge < -0.3 is 15.1 Å². The molecular weight excluding hydrogens is 358 g/mol. The fraction of sp³-hybridized carbons (Fsp3) is 0.333. The summed E-state index contributed by atoms with van der Waals surface area (Å²) in [5, 5.41) is 19.5. The molecule has 7 nitrogen and oxygen atoms in total. The minimum Gasteiger partial charge on any atom is -0.380 e. The molecule has 0 spiro atoms. The molecular formula is C21H27N3O4. The Morgan fingerprint density at radius 3 is 1.93 bits per heavy atom. The first-order valence-electron chi connectivity index (χ1n) is 9.26.